The van der Waals surface area contributed by atoms with E-state index in [0.717, 1.165) is 30.1 Å². The maximum Gasteiger partial charge on any atom is 0.321 e. The van der Waals surface area contributed by atoms with Crippen molar-refractivity contribution in [3.05, 3.63) is 30.6 Å². The Balaban J connectivity index is 1.97. The molecule has 1 fully saturated rings. The quantitative estimate of drug-likeness (QED) is 0.259. The number of nitrogens with zero attached hydrogens (tertiary/aromatic N) is 3. The van der Waals surface area contributed by atoms with Crippen molar-refractivity contribution in [1.82, 2.24) is 9.29 Å². The van der Waals surface area contributed by atoms with Crippen LogP contribution in [0.25, 0.3) is 10.8 Å². The summed E-state index contributed by atoms with van der Waals surface area (Å²) in [6.45, 7) is 5.14. The molecule has 0 saturated heterocycles. The Hall–Kier alpha value is -2.43. The summed E-state index contributed by atoms with van der Waals surface area (Å²) in [6, 6.07) is 4.55. The van der Waals surface area contributed by atoms with Gasteiger partial charge >= 0.3 is 5.97 Å². The predicted molar refractivity (Wildman–Crippen MR) is 129 cm³/mol. The number of aromatic nitrogens is 1. The van der Waals surface area contributed by atoms with E-state index in [-0.39, 0.29) is 29.9 Å². The number of carbonyl (C=O) groups excluding carboxylic acids is 1. The fourth-order valence-corrected chi connectivity index (χ4v) is 5.61. The Bertz CT molecular complexity index is 1140. The lowest BCUT2D eigenvalue weighted by atomic mass is 10.1. The Morgan fingerprint density at radius 1 is 1.27 bits per heavy atom. The van der Waals surface area contributed by atoms with Crippen molar-refractivity contribution in [3.8, 4) is 0 Å². The van der Waals surface area contributed by atoms with E-state index in [1.807, 2.05) is 0 Å². The molecule has 0 aliphatic heterocycles. The molecule has 3 rings (SSSR count). The Morgan fingerprint density at radius 3 is 2.55 bits per heavy atom. The number of anilines is 1. The topological polar surface area (TPSA) is 130 Å². The molecule has 1 aromatic carbocycles. The summed E-state index contributed by atoms with van der Waals surface area (Å²) in [7, 11) is -3.99. The van der Waals surface area contributed by atoms with E-state index in [1.54, 1.807) is 26.8 Å². The van der Waals surface area contributed by atoms with Crippen LogP contribution < -0.4 is 10.2 Å². The third kappa shape index (κ3) is 6.13. The number of sulfonamides is 1. The first-order valence-corrected chi connectivity index (χ1v) is 12.6. The number of benzene rings is 1. The van der Waals surface area contributed by atoms with Crippen LogP contribution in [0.15, 0.2) is 35.5 Å². The Kier molecular flexibility index (Phi) is 7.50. The predicted octanol–water partition coefficient (Wildman–Crippen LogP) is 3.61. The van der Waals surface area contributed by atoms with Crippen LogP contribution in [0.1, 0.15) is 46.5 Å². The number of nitrogens with one attached hydrogen (secondary N) is 1. The number of halogens is 1. The van der Waals surface area contributed by atoms with Gasteiger partial charge in [0.05, 0.1) is 16.8 Å². The second kappa shape index (κ2) is 9.82. The van der Waals surface area contributed by atoms with E-state index in [4.69, 9.17) is 27.7 Å². The highest BCUT2D eigenvalue weighted by Gasteiger charge is 2.32. The van der Waals surface area contributed by atoms with Gasteiger partial charge < -0.3 is 10.5 Å². The van der Waals surface area contributed by atoms with Gasteiger partial charge in [0.2, 0.25) is 16.0 Å². The first-order valence-electron chi connectivity index (χ1n) is 10.8. The van der Waals surface area contributed by atoms with Crippen LogP contribution in [0.4, 0.5) is 5.69 Å². The molecule has 0 atom stereocenters. The number of carbonyl (C=O) groups is 1. The molecule has 1 aromatic heterocycles. The van der Waals surface area contributed by atoms with Crippen LogP contribution >= 0.6 is 11.8 Å². The number of guanidine groups is 1. The summed E-state index contributed by atoms with van der Waals surface area (Å²) in [4.78, 5) is 16.7. The number of hydrogen-bond acceptors (Lipinski definition) is 6. The molecule has 1 saturated carbocycles. The molecule has 0 radical (unpaired) electrons. The largest absolute Gasteiger partial charge is 0.459 e. The van der Waals surface area contributed by atoms with Gasteiger partial charge in [-0.1, -0.05) is 18.9 Å². The van der Waals surface area contributed by atoms with Crippen molar-refractivity contribution in [2.24, 2.45) is 11.7 Å². The zero-order valence-corrected chi connectivity index (χ0v) is 20.6. The molecule has 0 spiro atoms. The first-order chi connectivity index (χ1) is 15.4. The lowest BCUT2D eigenvalue weighted by Gasteiger charge is -2.27. The maximum atomic E-state index is 13.6. The number of hydrogen-bond donors (Lipinski definition) is 2. The SMILES string of the molecule is CC(C)(C)OC(=O)CN(CC1CCCC1)S(=O)(=O)c1ccc2c(N(Cl)C(=N)N)cncc2c1. The van der Waals surface area contributed by atoms with Gasteiger partial charge in [0, 0.05) is 35.3 Å². The molecule has 2 aromatic rings. The van der Waals surface area contributed by atoms with Gasteiger partial charge in [0.1, 0.15) is 12.1 Å². The van der Waals surface area contributed by atoms with Crippen molar-refractivity contribution in [3.63, 3.8) is 0 Å². The molecule has 180 valence electrons. The van der Waals surface area contributed by atoms with Crippen LogP contribution in [0.2, 0.25) is 0 Å². The van der Waals surface area contributed by atoms with Gasteiger partial charge in [-0.3, -0.25) is 15.2 Å². The molecular weight excluding hydrogens is 466 g/mol. The lowest BCUT2D eigenvalue weighted by Crippen LogP contribution is -2.41. The molecule has 11 heteroatoms. The number of rotatable bonds is 7. The Labute approximate surface area is 199 Å². The third-order valence-corrected chi connectivity index (χ3v) is 7.60. The molecule has 0 bridgehead atoms. The van der Waals surface area contributed by atoms with Crippen LogP contribution in [-0.2, 0) is 19.6 Å². The van der Waals surface area contributed by atoms with Gasteiger partial charge in [0.15, 0.2) is 0 Å². The van der Waals surface area contributed by atoms with Gasteiger partial charge in [-0.2, -0.15) is 4.31 Å². The summed E-state index contributed by atoms with van der Waals surface area (Å²) < 4.78 is 34.8. The standard InChI is InChI=1S/C22H30ClN5O4S/c1-22(2,3)32-20(29)14-27(13-15-6-4-5-7-15)33(30,31)17-8-9-18-16(10-17)11-26-12-19(18)28(23)21(24)25/h8-12,15H,4-7,13-14H2,1-3H3,(H3,24,25). The van der Waals surface area contributed by atoms with Crippen LogP contribution in [0.3, 0.4) is 0 Å². The normalized spacial score (nSPS) is 15.2. The average molecular weight is 496 g/mol. The summed E-state index contributed by atoms with van der Waals surface area (Å²) in [6.07, 6.45) is 6.93. The number of esters is 1. The second-order valence-corrected chi connectivity index (χ2v) is 11.5. The monoisotopic (exact) mass is 495 g/mol. The third-order valence-electron chi connectivity index (χ3n) is 5.43. The zero-order chi connectivity index (χ0) is 24.4. The molecule has 1 aliphatic rings. The maximum absolute atomic E-state index is 13.6. The van der Waals surface area contributed by atoms with Crippen molar-refractivity contribution < 1.29 is 17.9 Å². The van der Waals surface area contributed by atoms with Gasteiger partial charge in [-0.05, 0) is 51.7 Å². The molecule has 33 heavy (non-hydrogen) atoms. The summed E-state index contributed by atoms with van der Waals surface area (Å²) in [5.41, 5.74) is 5.12. The van der Waals surface area contributed by atoms with E-state index in [1.165, 1.54) is 28.8 Å². The highest BCUT2D eigenvalue weighted by atomic mass is 35.5. The number of nitrogens with two attached hydrogens (primary N) is 1. The lowest BCUT2D eigenvalue weighted by molar-refractivity contribution is -0.155. The molecule has 1 heterocycles. The van der Waals surface area contributed by atoms with Crippen molar-refractivity contribution in [2.75, 3.05) is 17.5 Å². The highest BCUT2D eigenvalue weighted by molar-refractivity contribution is 7.89. The molecule has 9 nitrogen and oxygen atoms in total. The summed E-state index contributed by atoms with van der Waals surface area (Å²) >= 11 is 6.07. The minimum Gasteiger partial charge on any atom is -0.459 e. The molecule has 0 amide bonds. The smallest absolute Gasteiger partial charge is 0.321 e. The molecule has 3 N–H and O–H groups in total. The summed E-state index contributed by atoms with van der Waals surface area (Å²) in [5, 5.41) is 8.64. The van der Waals surface area contributed by atoms with Crippen molar-refractivity contribution in [2.45, 2.75) is 57.0 Å². The average Bonchev–Trinajstić information content (AvgIpc) is 3.23. The van der Waals surface area contributed by atoms with E-state index in [2.05, 4.69) is 4.98 Å². The van der Waals surface area contributed by atoms with E-state index >= 15 is 0 Å². The minimum absolute atomic E-state index is 0.0412. The van der Waals surface area contributed by atoms with Crippen LogP contribution in [-0.4, -0.2) is 48.3 Å². The van der Waals surface area contributed by atoms with Gasteiger partial charge in [0.25, 0.3) is 0 Å². The van der Waals surface area contributed by atoms with Crippen LogP contribution in [0.5, 0.6) is 0 Å². The second-order valence-electron chi connectivity index (χ2n) is 9.24. The zero-order valence-electron chi connectivity index (χ0n) is 19.0. The molecular formula is C22H30ClN5O4S. The van der Waals surface area contributed by atoms with Gasteiger partial charge in [-0.25, -0.2) is 12.8 Å². The van der Waals surface area contributed by atoms with Gasteiger partial charge in [-0.15, -0.1) is 0 Å². The highest BCUT2D eigenvalue weighted by Crippen LogP contribution is 2.31. The first kappa shape index (κ1) is 25.2. The van der Waals surface area contributed by atoms with Crippen molar-refractivity contribution in [1.29, 1.82) is 5.41 Å². The van der Waals surface area contributed by atoms with Crippen molar-refractivity contribution >= 4 is 50.2 Å². The van der Waals surface area contributed by atoms with E-state index < -0.39 is 21.6 Å². The summed E-state index contributed by atoms with van der Waals surface area (Å²) in [5.74, 6) is -0.771. The van der Waals surface area contributed by atoms with E-state index in [0.29, 0.717) is 16.5 Å². The molecule has 1 aliphatic carbocycles. The number of ether oxygens (including phenoxy) is 1. The van der Waals surface area contributed by atoms with Crippen LogP contribution in [0, 0.1) is 11.3 Å². The Morgan fingerprint density at radius 2 is 1.94 bits per heavy atom. The fraction of sp³-hybridized carbons (Fsp3) is 0.500. The minimum atomic E-state index is -3.99. The number of fused-ring (bicyclic) bond motifs is 1. The van der Waals surface area contributed by atoms with E-state index in [9.17, 15) is 13.2 Å². The fourth-order valence-electron chi connectivity index (χ4n) is 3.98. The number of pyridine rings is 1. The molecule has 0 unspecified atom stereocenters.